The van der Waals surface area contributed by atoms with Gasteiger partial charge in [0.15, 0.2) is 5.82 Å². The summed E-state index contributed by atoms with van der Waals surface area (Å²) in [4.78, 5) is 17.1. The molecule has 1 atom stereocenters. The van der Waals surface area contributed by atoms with Gasteiger partial charge >= 0.3 is 6.01 Å². The number of benzene rings is 3. The first-order valence-electron chi connectivity index (χ1n) is 10.7. The molecule has 1 N–H and O–H groups in total. The van der Waals surface area contributed by atoms with E-state index in [1.165, 1.54) is 0 Å². The third kappa shape index (κ3) is 5.41. The van der Waals surface area contributed by atoms with Gasteiger partial charge in [0.2, 0.25) is 5.91 Å². The predicted molar refractivity (Wildman–Crippen MR) is 131 cm³/mol. The Balaban J connectivity index is 1.58. The minimum Gasteiger partial charge on any atom is -0.460 e. The molecule has 0 radical (unpaired) electrons. The van der Waals surface area contributed by atoms with Crippen LogP contribution in [0.15, 0.2) is 78.9 Å². The van der Waals surface area contributed by atoms with Crippen molar-refractivity contribution in [1.82, 2.24) is 14.8 Å². The van der Waals surface area contributed by atoms with Crippen LogP contribution in [0.1, 0.15) is 30.4 Å². The number of ether oxygens (including phenoxy) is 1. The SMILES string of the molecule is Cc1ccc(-c2nc(OC(C)C)nn2-c2ccc(NC(=O)C(Cl)c3ccccc3)cc2)cc1. The molecule has 1 unspecified atom stereocenters. The number of alkyl halides is 1. The summed E-state index contributed by atoms with van der Waals surface area (Å²) in [6.07, 6.45) is -0.0441. The zero-order valence-electron chi connectivity index (χ0n) is 18.7. The fraction of sp³-hybridized carbons (Fsp3) is 0.192. The van der Waals surface area contributed by atoms with Gasteiger partial charge < -0.3 is 10.1 Å². The highest BCUT2D eigenvalue weighted by Gasteiger charge is 2.18. The largest absolute Gasteiger partial charge is 0.460 e. The Morgan fingerprint density at radius 1 is 0.970 bits per heavy atom. The average Bonchev–Trinajstić information content (AvgIpc) is 3.23. The van der Waals surface area contributed by atoms with E-state index in [1.807, 2.05) is 99.6 Å². The summed E-state index contributed by atoms with van der Waals surface area (Å²) in [5.74, 6) is 0.386. The summed E-state index contributed by atoms with van der Waals surface area (Å²) in [5, 5.41) is 6.64. The third-order valence-electron chi connectivity index (χ3n) is 4.94. The van der Waals surface area contributed by atoms with E-state index in [0.29, 0.717) is 17.5 Å². The molecule has 6 nitrogen and oxygen atoms in total. The molecule has 0 saturated heterocycles. The van der Waals surface area contributed by atoms with Gasteiger partial charge in [0.05, 0.1) is 11.8 Å². The first-order chi connectivity index (χ1) is 15.9. The maximum absolute atomic E-state index is 12.6. The van der Waals surface area contributed by atoms with Crippen molar-refractivity contribution in [2.45, 2.75) is 32.3 Å². The van der Waals surface area contributed by atoms with Gasteiger partial charge in [-0.15, -0.1) is 16.7 Å². The summed E-state index contributed by atoms with van der Waals surface area (Å²) in [6, 6.07) is 25.0. The van der Waals surface area contributed by atoms with Gasteiger partial charge in [-0.05, 0) is 50.6 Å². The van der Waals surface area contributed by atoms with Crippen molar-refractivity contribution < 1.29 is 9.53 Å². The maximum Gasteiger partial charge on any atom is 0.336 e. The summed E-state index contributed by atoms with van der Waals surface area (Å²) >= 11 is 6.33. The van der Waals surface area contributed by atoms with Gasteiger partial charge in [-0.25, -0.2) is 4.68 Å². The fourth-order valence-electron chi connectivity index (χ4n) is 3.29. The number of rotatable bonds is 7. The fourth-order valence-corrected chi connectivity index (χ4v) is 3.49. The molecule has 33 heavy (non-hydrogen) atoms. The second-order valence-corrected chi connectivity index (χ2v) is 8.41. The highest BCUT2D eigenvalue weighted by molar-refractivity contribution is 6.32. The molecule has 1 aromatic heterocycles. The number of carbonyl (C=O) groups is 1. The van der Waals surface area contributed by atoms with Crippen molar-refractivity contribution in [3.05, 3.63) is 90.0 Å². The molecule has 0 aliphatic rings. The van der Waals surface area contributed by atoms with Crippen LogP contribution in [0.5, 0.6) is 6.01 Å². The molecule has 0 fully saturated rings. The molecule has 4 aromatic rings. The van der Waals surface area contributed by atoms with Crippen LogP contribution in [0.3, 0.4) is 0 Å². The lowest BCUT2D eigenvalue weighted by molar-refractivity contribution is -0.116. The van der Waals surface area contributed by atoms with E-state index in [4.69, 9.17) is 16.3 Å². The van der Waals surface area contributed by atoms with E-state index in [2.05, 4.69) is 15.4 Å². The monoisotopic (exact) mass is 460 g/mol. The number of nitrogens with one attached hydrogen (secondary N) is 1. The number of hydrogen-bond acceptors (Lipinski definition) is 4. The Morgan fingerprint density at radius 3 is 2.27 bits per heavy atom. The zero-order chi connectivity index (χ0) is 23.4. The zero-order valence-corrected chi connectivity index (χ0v) is 19.5. The van der Waals surface area contributed by atoms with Crippen LogP contribution in [-0.2, 0) is 4.79 Å². The standard InChI is InChI=1S/C26H25ClN4O2/c1-17(2)33-26-29-24(20-11-9-18(3)10-12-20)31(30-26)22-15-13-21(14-16-22)28-25(32)23(27)19-7-5-4-6-8-19/h4-17,23H,1-3H3,(H,28,32). The molecular weight excluding hydrogens is 436 g/mol. The number of anilines is 1. The molecule has 4 rings (SSSR count). The predicted octanol–water partition coefficient (Wildman–Crippen LogP) is 5.95. The minimum atomic E-state index is -0.773. The first-order valence-corrected chi connectivity index (χ1v) is 11.2. The molecule has 0 bridgehead atoms. The molecule has 1 amide bonds. The number of halogens is 1. The molecule has 0 saturated carbocycles. The highest BCUT2D eigenvalue weighted by Crippen LogP contribution is 2.26. The summed E-state index contributed by atoms with van der Waals surface area (Å²) in [5.41, 5.74) is 4.27. The van der Waals surface area contributed by atoms with Crippen molar-refractivity contribution in [3.63, 3.8) is 0 Å². The quantitative estimate of drug-likeness (QED) is 0.346. The summed E-state index contributed by atoms with van der Waals surface area (Å²) in [7, 11) is 0. The minimum absolute atomic E-state index is 0.0441. The van der Waals surface area contributed by atoms with Crippen LogP contribution in [0.25, 0.3) is 17.1 Å². The van der Waals surface area contributed by atoms with E-state index in [0.717, 1.165) is 22.4 Å². The van der Waals surface area contributed by atoms with Gasteiger partial charge in [0.1, 0.15) is 5.38 Å². The van der Waals surface area contributed by atoms with Crippen molar-refractivity contribution in [2.24, 2.45) is 0 Å². The molecular formula is C26H25ClN4O2. The van der Waals surface area contributed by atoms with E-state index < -0.39 is 5.38 Å². The van der Waals surface area contributed by atoms with Crippen molar-refractivity contribution in [3.8, 4) is 23.1 Å². The molecule has 0 aliphatic carbocycles. The van der Waals surface area contributed by atoms with Gasteiger partial charge in [-0.3, -0.25) is 4.79 Å². The number of aromatic nitrogens is 3. The van der Waals surface area contributed by atoms with Gasteiger partial charge in [0.25, 0.3) is 0 Å². The molecule has 1 heterocycles. The smallest absolute Gasteiger partial charge is 0.336 e. The van der Waals surface area contributed by atoms with Crippen molar-refractivity contribution in [2.75, 3.05) is 5.32 Å². The van der Waals surface area contributed by atoms with Crippen molar-refractivity contribution in [1.29, 1.82) is 0 Å². The second-order valence-electron chi connectivity index (χ2n) is 7.97. The van der Waals surface area contributed by atoms with Gasteiger partial charge in [-0.2, -0.15) is 4.98 Å². The Kier molecular flexibility index (Phi) is 6.75. The lowest BCUT2D eigenvalue weighted by atomic mass is 10.1. The number of hydrogen-bond donors (Lipinski definition) is 1. The Hall–Kier alpha value is -3.64. The molecule has 168 valence electrons. The Bertz CT molecular complexity index is 1220. The second kappa shape index (κ2) is 9.88. The van der Waals surface area contributed by atoms with Crippen LogP contribution in [0, 0.1) is 6.92 Å². The van der Waals surface area contributed by atoms with E-state index in [1.54, 1.807) is 4.68 Å². The average molecular weight is 461 g/mol. The lowest BCUT2D eigenvalue weighted by Gasteiger charge is -2.12. The maximum atomic E-state index is 12.6. The van der Waals surface area contributed by atoms with Crippen LogP contribution >= 0.6 is 11.6 Å². The van der Waals surface area contributed by atoms with Gasteiger partial charge in [0, 0.05) is 11.3 Å². The Morgan fingerprint density at radius 2 is 1.64 bits per heavy atom. The number of amides is 1. The summed E-state index contributed by atoms with van der Waals surface area (Å²) in [6.45, 7) is 5.91. The lowest BCUT2D eigenvalue weighted by Crippen LogP contribution is -2.17. The third-order valence-corrected chi connectivity index (χ3v) is 5.39. The highest BCUT2D eigenvalue weighted by atomic mass is 35.5. The number of carbonyl (C=O) groups excluding carboxylic acids is 1. The van der Waals surface area contributed by atoms with Crippen LogP contribution in [0.4, 0.5) is 5.69 Å². The summed E-state index contributed by atoms with van der Waals surface area (Å²) < 4.78 is 7.47. The van der Waals surface area contributed by atoms with E-state index in [-0.39, 0.29) is 12.0 Å². The van der Waals surface area contributed by atoms with Crippen LogP contribution in [0.2, 0.25) is 0 Å². The molecule has 0 spiro atoms. The Labute approximate surface area is 198 Å². The van der Waals surface area contributed by atoms with Gasteiger partial charge in [-0.1, -0.05) is 60.2 Å². The number of nitrogens with zero attached hydrogens (tertiary/aromatic N) is 3. The van der Waals surface area contributed by atoms with Crippen LogP contribution in [-0.4, -0.2) is 26.8 Å². The first kappa shape index (κ1) is 22.6. The number of aryl methyl sites for hydroxylation is 1. The topological polar surface area (TPSA) is 69.0 Å². The molecule has 0 aliphatic heterocycles. The van der Waals surface area contributed by atoms with Crippen molar-refractivity contribution >= 4 is 23.2 Å². The molecule has 7 heteroatoms. The normalized spacial score (nSPS) is 11.9. The van der Waals surface area contributed by atoms with E-state index >= 15 is 0 Å². The molecule has 3 aromatic carbocycles. The van der Waals surface area contributed by atoms with Crippen LogP contribution < -0.4 is 10.1 Å². The van der Waals surface area contributed by atoms with E-state index in [9.17, 15) is 4.79 Å².